The fourth-order valence-corrected chi connectivity index (χ4v) is 3.01. The molecule has 2 nitrogen and oxygen atoms in total. The second-order valence-electron chi connectivity index (χ2n) is 4.75. The molecular formula is C13H17NO. The smallest absolute Gasteiger partial charge is 0.0646 e. The lowest BCUT2D eigenvalue weighted by atomic mass is 9.71. The standard InChI is InChI=1S/C13H17NO/c14-10-6-5-9-8-15-13-4-2-1-3-11(13)12(9)7-10/h1-2,5-7,9,11-13H,3-4,8,14H2. The lowest BCUT2D eigenvalue weighted by Crippen LogP contribution is -2.42. The van der Waals surface area contributed by atoms with E-state index < -0.39 is 0 Å². The van der Waals surface area contributed by atoms with Gasteiger partial charge in [0.15, 0.2) is 0 Å². The number of fused-ring (bicyclic) bond motifs is 3. The van der Waals surface area contributed by atoms with Crippen molar-refractivity contribution < 1.29 is 4.74 Å². The first-order valence-corrected chi connectivity index (χ1v) is 5.76. The molecule has 0 amide bonds. The van der Waals surface area contributed by atoms with Crippen LogP contribution in [0.1, 0.15) is 12.8 Å². The highest BCUT2D eigenvalue weighted by molar-refractivity contribution is 5.25. The van der Waals surface area contributed by atoms with E-state index in [1.165, 1.54) is 0 Å². The van der Waals surface area contributed by atoms with Crippen LogP contribution in [0.15, 0.2) is 36.1 Å². The zero-order valence-electron chi connectivity index (χ0n) is 8.80. The molecule has 2 aliphatic carbocycles. The van der Waals surface area contributed by atoms with E-state index in [9.17, 15) is 0 Å². The molecule has 4 atom stereocenters. The monoisotopic (exact) mass is 203 g/mol. The van der Waals surface area contributed by atoms with Gasteiger partial charge < -0.3 is 10.5 Å². The van der Waals surface area contributed by atoms with Gasteiger partial charge >= 0.3 is 0 Å². The Hall–Kier alpha value is -1.02. The first-order chi connectivity index (χ1) is 7.34. The average molecular weight is 203 g/mol. The van der Waals surface area contributed by atoms with Crippen molar-refractivity contribution in [2.75, 3.05) is 6.61 Å². The van der Waals surface area contributed by atoms with Gasteiger partial charge in [-0.2, -0.15) is 0 Å². The van der Waals surface area contributed by atoms with Crippen molar-refractivity contribution in [2.24, 2.45) is 23.5 Å². The van der Waals surface area contributed by atoms with Crippen LogP contribution in [-0.4, -0.2) is 12.7 Å². The minimum Gasteiger partial charge on any atom is -0.399 e. The van der Waals surface area contributed by atoms with Gasteiger partial charge in [-0.05, 0) is 30.8 Å². The molecule has 80 valence electrons. The predicted octanol–water partition coefficient (Wildman–Crippen LogP) is 2.00. The molecular weight excluding hydrogens is 186 g/mol. The number of hydrogen-bond acceptors (Lipinski definition) is 2. The van der Waals surface area contributed by atoms with Gasteiger partial charge in [0.2, 0.25) is 0 Å². The molecule has 1 saturated heterocycles. The number of hydrogen-bond donors (Lipinski definition) is 1. The highest BCUT2D eigenvalue weighted by atomic mass is 16.5. The van der Waals surface area contributed by atoms with E-state index in [0.717, 1.165) is 25.1 Å². The summed E-state index contributed by atoms with van der Waals surface area (Å²) in [5, 5.41) is 0. The Bertz CT molecular complexity index is 342. The Kier molecular flexibility index (Phi) is 2.17. The zero-order valence-corrected chi connectivity index (χ0v) is 8.80. The number of rotatable bonds is 0. The molecule has 1 fully saturated rings. The maximum absolute atomic E-state index is 5.91. The Balaban J connectivity index is 1.88. The Morgan fingerprint density at radius 1 is 1.27 bits per heavy atom. The van der Waals surface area contributed by atoms with Crippen molar-refractivity contribution in [1.29, 1.82) is 0 Å². The molecule has 3 rings (SSSR count). The van der Waals surface area contributed by atoms with Crippen LogP contribution in [0.4, 0.5) is 0 Å². The third-order valence-electron chi connectivity index (χ3n) is 3.83. The molecule has 1 aliphatic heterocycles. The lowest BCUT2D eigenvalue weighted by molar-refractivity contribution is -0.0679. The van der Waals surface area contributed by atoms with Gasteiger partial charge in [-0.25, -0.2) is 0 Å². The van der Waals surface area contributed by atoms with Crippen molar-refractivity contribution in [2.45, 2.75) is 18.9 Å². The van der Waals surface area contributed by atoms with Crippen LogP contribution in [0.3, 0.4) is 0 Å². The second kappa shape index (κ2) is 3.53. The van der Waals surface area contributed by atoms with E-state index in [0.29, 0.717) is 23.9 Å². The van der Waals surface area contributed by atoms with E-state index in [2.05, 4.69) is 24.3 Å². The topological polar surface area (TPSA) is 35.2 Å². The van der Waals surface area contributed by atoms with Crippen LogP contribution in [0.25, 0.3) is 0 Å². The third-order valence-corrected chi connectivity index (χ3v) is 3.83. The molecule has 0 radical (unpaired) electrons. The van der Waals surface area contributed by atoms with E-state index in [1.54, 1.807) is 0 Å². The maximum atomic E-state index is 5.91. The minimum atomic E-state index is 0.423. The molecule has 4 unspecified atom stereocenters. The van der Waals surface area contributed by atoms with Gasteiger partial charge in [0.25, 0.3) is 0 Å². The van der Waals surface area contributed by atoms with Gasteiger partial charge in [0.05, 0.1) is 12.7 Å². The summed E-state index contributed by atoms with van der Waals surface area (Å²) in [7, 11) is 0. The van der Waals surface area contributed by atoms with Crippen LogP contribution >= 0.6 is 0 Å². The largest absolute Gasteiger partial charge is 0.399 e. The summed E-state index contributed by atoms with van der Waals surface area (Å²) < 4.78 is 5.91. The van der Waals surface area contributed by atoms with Gasteiger partial charge in [-0.15, -0.1) is 0 Å². The van der Waals surface area contributed by atoms with Crippen LogP contribution in [-0.2, 0) is 4.74 Å². The number of nitrogens with two attached hydrogens (primary N) is 1. The normalized spacial score (nSPS) is 43.1. The fourth-order valence-electron chi connectivity index (χ4n) is 3.01. The molecule has 2 heteroatoms. The Morgan fingerprint density at radius 3 is 3.07 bits per heavy atom. The predicted molar refractivity (Wildman–Crippen MR) is 60.0 cm³/mol. The van der Waals surface area contributed by atoms with E-state index in [4.69, 9.17) is 10.5 Å². The molecule has 2 N–H and O–H groups in total. The summed E-state index contributed by atoms with van der Waals surface area (Å²) in [6.45, 7) is 0.861. The van der Waals surface area contributed by atoms with Crippen LogP contribution in [0.5, 0.6) is 0 Å². The highest BCUT2D eigenvalue weighted by Gasteiger charge is 2.38. The highest BCUT2D eigenvalue weighted by Crippen LogP contribution is 2.40. The summed E-state index contributed by atoms with van der Waals surface area (Å²) in [6.07, 6.45) is 13.6. The first-order valence-electron chi connectivity index (χ1n) is 5.76. The number of allylic oxidation sites excluding steroid dienone is 3. The van der Waals surface area contributed by atoms with E-state index in [-0.39, 0.29) is 0 Å². The van der Waals surface area contributed by atoms with Crippen LogP contribution in [0.2, 0.25) is 0 Å². The summed E-state index contributed by atoms with van der Waals surface area (Å²) in [4.78, 5) is 0. The Labute approximate surface area is 90.5 Å². The summed E-state index contributed by atoms with van der Waals surface area (Å²) in [5.41, 5.74) is 6.80. The summed E-state index contributed by atoms with van der Waals surface area (Å²) in [6, 6.07) is 0. The Morgan fingerprint density at radius 2 is 2.13 bits per heavy atom. The van der Waals surface area contributed by atoms with Crippen molar-refractivity contribution in [3.05, 3.63) is 36.1 Å². The maximum Gasteiger partial charge on any atom is 0.0646 e. The molecule has 15 heavy (non-hydrogen) atoms. The molecule has 1 heterocycles. The molecule has 0 aromatic rings. The zero-order chi connectivity index (χ0) is 10.3. The van der Waals surface area contributed by atoms with Gasteiger partial charge in [0.1, 0.15) is 0 Å². The molecule has 3 aliphatic rings. The minimum absolute atomic E-state index is 0.423. The summed E-state index contributed by atoms with van der Waals surface area (Å²) in [5.74, 6) is 1.78. The lowest BCUT2D eigenvalue weighted by Gasteiger charge is -2.43. The molecule has 0 aromatic heterocycles. The van der Waals surface area contributed by atoms with Crippen LogP contribution in [0, 0.1) is 17.8 Å². The van der Waals surface area contributed by atoms with Crippen molar-refractivity contribution in [1.82, 2.24) is 0 Å². The average Bonchev–Trinajstić information content (AvgIpc) is 2.29. The molecule has 0 spiro atoms. The van der Waals surface area contributed by atoms with E-state index >= 15 is 0 Å². The quantitative estimate of drug-likeness (QED) is 0.611. The number of ether oxygens (including phenoxy) is 1. The van der Waals surface area contributed by atoms with Crippen molar-refractivity contribution in [3.8, 4) is 0 Å². The first kappa shape index (κ1) is 9.22. The second-order valence-corrected chi connectivity index (χ2v) is 4.75. The van der Waals surface area contributed by atoms with Crippen molar-refractivity contribution in [3.63, 3.8) is 0 Å². The van der Waals surface area contributed by atoms with Gasteiger partial charge in [0, 0.05) is 11.6 Å². The molecule has 0 saturated carbocycles. The van der Waals surface area contributed by atoms with Crippen LogP contribution < -0.4 is 5.73 Å². The van der Waals surface area contributed by atoms with Gasteiger partial charge in [-0.1, -0.05) is 24.3 Å². The van der Waals surface area contributed by atoms with Crippen molar-refractivity contribution >= 4 is 0 Å². The molecule has 0 bridgehead atoms. The SMILES string of the molecule is NC1=CC2C(C=C1)COC1CC=CCC12. The third kappa shape index (κ3) is 1.53. The van der Waals surface area contributed by atoms with Gasteiger partial charge in [-0.3, -0.25) is 0 Å². The fraction of sp³-hybridized carbons (Fsp3) is 0.538. The van der Waals surface area contributed by atoms with E-state index in [1.807, 2.05) is 6.08 Å². The summed E-state index contributed by atoms with van der Waals surface area (Å²) >= 11 is 0. The molecule has 0 aromatic carbocycles.